The quantitative estimate of drug-likeness (QED) is 0.546. The number of aryl methyl sites for hydroxylation is 2. The first-order valence-corrected chi connectivity index (χ1v) is 10.7. The number of piperazine rings is 1. The second-order valence-corrected chi connectivity index (χ2v) is 9.10. The smallest absolute Gasteiger partial charge is 0.298 e. The fourth-order valence-corrected chi connectivity index (χ4v) is 5.06. The van der Waals surface area contributed by atoms with Gasteiger partial charge in [-0.15, -0.1) is 0 Å². The Morgan fingerprint density at radius 2 is 1.74 bits per heavy atom. The van der Waals surface area contributed by atoms with E-state index < -0.39 is 37.9 Å². The lowest BCUT2D eigenvalue weighted by molar-refractivity contribution is 0.142. The van der Waals surface area contributed by atoms with Crippen molar-refractivity contribution in [1.82, 2.24) is 24.1 Å². The van der Waals surface area contributed by atoms with E-state index in [9.17, 15) is 26.4 Å². The minimum atomic E-state index is -4.35. The highest BCUT2D eigenvalue weighted by atomic mass is 32.2. The van der Waals surface area contributed by atoms with Crippen molar-refractivity contribution in [2.75, 3.05) is 26.2 Å². The Balaban J connectivity index is 1.51. The molecule has 4 rings (SSSR count). The van der Waals surface area contributed by atoms with Gasteiger partial charge in [0.2, 0.25) is 10.0 Å². The number of sulfonamides is 1. The largest absolute Gasteiger partial charge is 0.360 e. The van der Waals surface area contributed by atoms with E-state index in [0.717, 1.165) is 4.31 Å². The number of hydrogen-bond donors (Lipinski definition) is 0. The minimum absolute atomic E-state index is 0.0280. The zero-order chi connectivity index (χ0) is 22.5. The molecular formula is C18H18F3N5O4S. The number of fused-ring (bicyclic) bond motifs is 1. The fourth-order valence-electron chi connectivity index (χ4n) is 3.59. The van der Waals surface area contributed by atoms with Crippen molar-refractivity contribution in [3.05, 3.63) is 51.4 Å². The standard InChI is InChI=1S/C18H18F3N5O4S/c1-10-14-11(2)30-23-17(14)18(27)26(22-10)9-24-5-7-25(8-6-24)31(28,29)13-4-3-12(19)15(20)16(13)21/h3-4H,5-9H2,1-2H3. The summed E-state index contributed by atoms with van der Waals surface area (Å²) >= 11 is 0. The Hall–Kier alpha value is -2.77. The zero-order valence-electron chi connectivity index (χ0n) is 16.6. The molecule has 1 aromatic carbocycles. The summed E-state index contributed by atoms with van der Waals surface area (Å²) in [6, 6.07) is 1.28. The van der Waals surface area contributed by atoms with Gasteiger partial charge in [-0.3, -0.25) is 9.69 Å². The maximum Gasteiger partial charge on any atom is 0.298 e. The third kappa shape index (κ3) is 3.62. The van der Waals surface area contributed by atoms with Crippen molar-refractivity contribution in [3.8, 4) is 0 Å². The maximum absolute atomic E-state index is 14.0. The van der Waals surface area contributed by atoms with Crippen LogP contribution in [0, 0.1) is 31.3 Å². The predicted octanol–water partition coefficient (Wildman–Crippen LogP) is 1.38. The van der Waals surface area contributed by atoms with Crippen LogP contribution in [0.5, 0.6) is 0 Å². The van der Waals surface area contributed by atoms with E-state index in [0.29, 0.717) is 29.0 Å². The van der Waals surface area contributed by atoms with Crippen LogP contribution in [-0.2, 0) is 16.7 Å². The van der Waals surface area contributed by atoms with Crippen molar-refractivity contribution >= 4 is 20.9 Å². The average Bonchev–Trinajstić information content (AvgIpc) is 3.12. The third-order valence-electron chi connectivity index (χ3n) is 5.22. The Bertz CT molecular complexity index is 1330. The molecule has 0 atom stereocenters. The molecule has 9 nitrogen and oxygen atoms in total. The van der Waals surface area contributed by atoms with Crippen LogP contribution in [-0.4, -0.2) is 58.7 Å². The number of halogens is 3. The topological polar surface area (TPSA) is 102 Å². The highest BCUT2D eigenvalue weighted by molar-refractivity contribution is 7.89. The van der Waals surface area contributed by atoms with E-state index in [1.54, 1.807) is 18.7 Å². The van der Waals surface area contributed by atoms with E-state index in [-0.39, 0.29) is 38.4 Å². The Kier molecular flexibility index (Phi) is 5.35. The Morgan fingerprint density at radius 3 is 2.42 bits per heavy atom. The summed E-state index contributed by atoms with van der Waals surface area (Å²) in [5.41, 5.74) is 0.305. The van der Waals surface area contributed by atoms with Gasteiger partial charge in [-0.1, -0.05) is 5.16 Å². The molecule has 0 amide bonds. The van der Waals surface area contributed by atoms with Crippen LogP contribution >= 0.6 is 0 Å². The molecule has 166 valence electrons. The van der Waals surface area contributed by atoms with Gasteiger partial charge in [-0.2, -0.15) is 9.40 Å². The van der Waals surface area contributed by atoms with Crippen molar-refractivity contribution in [1.29, 1.82) is 0 Å². The van der Waals surface area contributed by atoms with Crippen molar-refractivity contribution in [3.63, 3.8) is 0 Å². The summed E-state index contributed by atoms with van der Waals surface area (Å²) < 4.78 is 73.2. The van der Waals surface area contributed by atoms with Gasteiger partial charge in [0.25, 0.3) is 5.56 Å². The van der Waals surface area contributed by atoms with Crippen LogP contribution in [0.25, 0.3) is 10.9 Å². The first-order valence-electron chi connectivity index (χ1n) is 9.31. The minimum Gasteiger partial charge on any atom is -0.360 e. The molecule has 0 N–H and O–H groups in total. The van der Waals surface area contributed by atoms with Gasteiger partial charge in [0.1, 0.15) is 10.7 Å². The van der Waals surface area contributed by atoms with E-state index in [1.165, 1.54) is 4.68 Å². The number of aromatic nitrogens is 3. The zero-order valence-corrected chi connectivity index (χ0v) is 17.4. The van der Waals surface area contributed by atoms with E-state index in [1.807, 2.05) is 0 Å². The number of nitrogens with zero attached hydrogens (tertiary/aromatic N) is 5. The van der Waals surface area contributed by atoms with Gasteiger partial charge in [0.15, 0.2) is 23.0 Å². The summed E-state index contributed by atoms with van der Waals surface area (Å²) in [7, 11) is -4.35. The molecule has 0 aliphatic carbocycles. The SMILES string of the molecule is Cc1nn(CN2CCN(S(=O)(=O)c3ccc(F)c(F)c3F)CC2)c(=O)c2noc(C)c12. The lowest BCUT2D eigenvalue weighted by Crippen LogP contribution is -2.50. The molecule has 3 aromatic rings. The van der Waals surface area contributed by atoms with Crippen LogP contribution in [0.2, 0.25) is 0 Å². The highest BCUT2D eigenvalue weighted by Crippen LogP contribution is 2.24. The molecule has 1 saturated heterocycles. The summed E-state index contributed by atoms with van der Waals surface area (Å²) in [6.45, 7) is 3.88. The number of benzene rings is 1. The first kappa shape index (κ1) is 21.5. The second-order valence-electron chi connectivity index (χ2n) is 7.19. The van der Waals surface area contributed by atoms with Gasteiger partial charge in [-0.05, 0) is 26.0 Å². The van der Waals surface area contributed by atoms with Crippen molar-refractivity contribution in [2.24, 2.45) is 0 Å². The summed E-state index contributed by atoms with van der Waals surface area (Å²) in [4.78, 5) is 13.5. The van der Waals surface area contributed by atoms with Gasteiger partial charge in [0.05, 0.1) is 17.7 Å². The van der Waals surface area contributed by atoms with E-state index in [4.69, 9.17) is 4.52 Å². The molecule has 0 spiro atoms. The molecule has 0 saturated carbocycles. The van der Waals surface area contributed by atoms with Crippen LogP contribution in [0.4, 0.5) is 13.2 Å². The van der Waals surface area contributed by atoms with Crippen LogP contribution < -0.4 is 5.56 Å². The van der Waals surface area contributed by atoms with Crippen LogP contribution in [0.1, 0.15) is 11.5 Å². The molecule has 1 fully saturated rings. The van der Waals surface area contributed by atoms with Gasteiger partial charge < -0.3 is 4.52 Å². The molecule has 0 unspecified atom stereocenters. The molecule has 1 aliphatic rings. The van der Waals surface area contributed by atoms with E-state index >= 15 is 0 Å². The molecule has 0 radical (unpaired) electrons. The summed E-state index contributed by atoms with van der Waals surface area (Å²) in [6.07, 6.45) is 0. The molecule has 13 heteroatoms. The van der Waals surface area contributed by atoms with Crippen molar-refractivity contribution < 1.29 is 26.1 Å². The second kappa shape index (κ2) is 7.73. The summed E-state index contributed by atoms with van der Waals surface area (Å²) in [5.74, 6) is -4.55. The highest BCUT2D eigenvalue weighted by Gasteiger charge is 2.32. The Morgan fingerprint density at radius 1 is 1.06 bits per heavy atom. The van der Waals surface area contributed by atoms with Crippen LogP contribution in [0.15, 0.2) is 26.3 Å². The fraction of sp³-hybridized carbons (Fsp3) is 0.389. The molecular weight excluding hydrogens is 439 g/mol. The van der Waals surface area contributed by atoms with Gasteiger partial charge in [-0.25, -0.2) is 26.3 Å². The molecule has 2 aromatic heterocycles. The molecule has 3 heterocycles. The number of rotatable bonds is 4. The Labute approximate surface area is 174 Å². The van der Waals surface area contributed by atoms with E-state index in [2.05, 4.69) is 10.3 Å². The maximum atomic E-state index is 14.0. The average molecular weight is 457 g/mol. The van der Waals surface area contributed by atoms with Crippen LogP contribution in [0.3, 0.4) is 0 Å². The lowest BCUT2D eigenvalue weighted by atomic mass is 10.2. The molecule has 31 heavy (non-hydrogen) atoms. The molecule has 1 aliphatic heterocycles. The van der Waals surface area contributed by atoms with Gasteiger partial charge in [0, 0.05) is 26.2 Å². The van der Waals surface area contributed by atoms with Crippen molar-refractivity contribution in [2.45, 2.75) is 25.4 Å². The third-order valence-corrected chi connectivity index (χ3v) is 7.13. The van der Waals surface area contributed by atoms with Gasteiger partial charge >= 0.3 is 0 Å². The molecule has 0 bridgehead atoms. The number of hydrogen-bond acceptors (Lipinski definition) is 7. The monoisotopic (exact) mass is 457 g/mol. The first-order chi connectivity index (χ1) is 14.6. The summed E-state index contributed by atoms with van der Waals surface area (Å²) in [5, 5.41) is 8.62. The normalized spacial score (nSPS) is 16.3. The lowest BCUT2D eigenvalue weighted by Gasteiger charge is -2.33. The predicted molar refractivity (Wildman–Crippen MR) is 102 cm³/mol.